The number of carbonyl (C=O) groups excluding carboxylic acids is 1. The lowest BCUT2D eigenvalue weighted by Crippen LogP contribution is -2.28. The van der Waals surface area contributed by atoms with Crippen molar-refractivity contribution in [3.63, 3.8) is 0 Å². The predicted molar refractivity (Wildman–Crippen MR) is 94.2 cm³/mol. The van der Waals surface area contributed by atoms with Crippen molar-refractivity contribution in [2.24, 2.45) is 0 Å². The standard InChI is InChI=1S/C16H18BrN5O2/c1-2-20-11-12(17)10-13(20)15(23)18-7-5-9-22-16(24)21-8-4-3-6-14(21)19-22/h3-4,6,8,10-11H,2,5,7,9H2,1H3,(H,18,23). The van der Waals surface area contributed by atoms with Gasteiger partial charge in [0.25, 0.3) is 5.91 Å². The number of aromatic nitrogens is 4. The van der Waals surface area contributed by atoms with Gasteiger partial charge in [0.1, 0.15) is 5.69 Å². The monoisotopic (exact) mass is 391 g/mol. The molecule has 0 aromatic carbocycles. The Morgan fingerprint density at radius 1 is 1.38 bits per heavy atom. The summed E-state index contributed by atoms with van der Waals surface area (Å²) in [6.07, 6.45) is 4.20. The van der Waals surface area contributed by atoms with Gasteiger partial charge in [-0.25, -0.2) is 9.48 Å². The van der Waals surface area contributed by atoms with E-state index in [9.17, 15) is 9.59 Å². The highest BCUT2D eigenvalue weighted by Crippen LogP contribution is 2.14. The minimum absolute atomic E-state index is 0.120. The van der Waals surface area contributed by atoms with Crippen molar-refractivity contribution in [2.45, 2.75) is 26.4 Å². The molecule has 0 aliphatic heterocycles. The van der Waals surface area contributed by atoms with E-state index in [1.165, 1.54) is 9.08 Å². The summed E-state index contributed by atoms with van der Waals surface area (Å²) in [5.74, 6) is -0.120. The Labute approximate surface area is 147 Å². The maximum atomic E-state index is 12.2. The molecule has 0 fully saturated rings. The first-order chi connectivity index (χ1) is 11.6. The molecule has 0 saturated carbocycles. The third kappa shape index (κ3) is 3.28. The second-order valence-electron chi connectivity index (χ2n) is 5.37. The number of aryl methyl sites for hydroxylation is 2. The van der Waals surface area contributed by atoms with Gasteiger partial charge in [-0.1, -0.05) is 6.07 Å². The first-order valence-corrected chi connectivity index (χ1v) is 8.57. The highest BCUT2D eigenvalue weighted by atomic mass is 79.9. The normalized spacial score (nSPS) is 11.1. The molecule has 24 heavy (non-hydrogen) atoms. The van der Waals surface area contributed by atoms with Gasteiger partial charge < -0.3 is 9.88 Å². The van der Waals surface area contributed by atoms with E-state index < -0.39 is 0 Å². The minimum atomic E-state index is -0.166. The fraction of sp³-hybridized carbons (Fsp3) is 0.312. The second kappa shape index (κ2) is 7.04. The Morgan fingerprint density at radius 3 is 2.96 bits per heavy atom. The molecule has 3 rings (SSSR count). The van der Waals surface area contributed by atoms with Gasteiger partial charge in [-0.15, -0.1) is 5.10 Å². The van der Waals surface area contributed by atoms with Crippen LogP contribution in [0.4, 0.5) is 0 Å². The molecular weight excluding hydrogens is 374 g/mol. The number of rotatable bonds is 6. The fourth-order valence-corrected chi connectivity index (χ4v) is 3.03. The van der Waals surface area contributed by atoms with E-state index in [2.05, 4.69) is 26.3 Å². The van der Waals surface area contributed by atoms with E-state index in [0.29, 0.717) is 30.9 Å². The number of amides is 1. The molecule has 3 aromatic heterocycles. The molecule has 3 heterocycles. The Hall–Kier alpha value is -2.35. The number of hydrogen-bond acceptors (Lipinski definition) is 3. The molecule has 8 heteroatoms. The van der Waals surface area contributed by atoms with Crippen LogP contribution in [-0.2, 0) is 13.1 Å². The summed E-state index contributed by atoms with van der Waals surface area (Å²) in [6, 6.07) is 7.22. The second-order valence-corrected chi connectivity index (χ2v) is 6.29. The van der Waals surface area contributed by atoms with Gasteiger partial charge in [-0.2, -0.15) is 0 Å². The van der Waals surface area contributed by atoms with E-state index in [1.54, 1.807) is 24.4 Å². The van der Waals surface area contributed by atoms with Crippen LogP contribution in [0.15, 0.2) is 45.9 Å². The van der Waals surface area contributed by atoms with Crippen LogP contribution in [0.25, 0.3) is 5.65 Å². The molecule has 0 spiro atoms. The molecule has 0 atom stereocenters. The van der Waals surface area contributed by atoms with Crippen molar-refractivity contribution in [3.8, 4) is 0 Å². The van der Waals surface area contributed by atoms with Gasteiger partial charge in [0.2, 0.25) is 0 Å². The summed E-state index contributed by atoms with van der Waals surface area (Å²) in [5.41, 5.74) is 1.08. The Morgan fingerprint density at radius 2 is 2.21 bits per heavy atom. The van der Waals surface area contributed by atoms with Gasteiger partial charge in [-0.05, 0) is 47.5 Å². The fourth-order valence-electron chi connectivity index (χ4n) is 2.56. The van der Waals surface area contributed by atoms with Crippen molar-refractivity contribution < 1.29 is 4.79 Å². The van der Waals surface area contributed by atoms with Crippen molar-refractivity contribution in [1.82, 2.24) is 24.1 Å². The minimum Gasteiger partial charge on any atom is -0.351 e. The summed E-state index contributed by atoms with van der Waals surface area (Å²) in [6.45, 7) is 3.65. The number of hydrogen-bond donors (Lipinski definition) is 1. The average molecular weight is 392 g/mol. The SMILES string of the molecule is CCn1cc(Br)cc1C(=O)NCCCn1nc2ccccn2c1=O. The maximum Gasteiger partial charge on any atom is 0.350 e. The molecule has 1 amide bonds. The molecule has 0 aliphatic carbocycles. The van der Waals surface area contributed by atoms with Crippen molar-refractivity contribution in [2.75, 3.05) is 6.54 Å². The molecule has 1 N–H and O–H groups in total. The third-order valence-electron chi connectivity index (χ3n) is 3.76. The van der Waals surface area contributed by atoms with Crippen LogP contribution < -0.4 is 11.0 Å². The molecule has 0 unspecified atom stereocenters. The summed E-state index contributed by atoms with van der Waals surface area (Å²) in [7, 11) is 0. The van der Waals surface area contributed by atoms with E-state index in [1.807, 2.05) is 23.8 Å². The van der Waals surface area contributed by atoms with Crippen LogP contribution in [0.1, 0.15) is 23.8 Å². The zero-order valence-electron chi connectivity index (χ0n) is 13.3. The molecule has 3 aromatic rings. The first-order valence-electron chi connectivity index (χ1n) is 7.78. The maximum absolute atomic E-state index is 12.2. The van der Waals surface area contributed by atoms with Crippen molar-refractivity contribution in [3.05, 3.63) is 57.3 Å². The van der Waals surface area contributed by atoms with Crippen LogP contribution in [0, 0.1) is 0 Å². The number of halogens is 1. The number of carbonyl (C=O) groups is 1. The Balaban J connectivity index is 1.57. The summed E-state index contributed by atoms with van der Waals surface area (Å²) in [5, 5.41) is 7.14. The Bertz CT molecular complexity index is 924. The topological polar surface area (TPSA) is 73.3 Å². The number of nitrogens with zero attached hydrogens (tertiary/aromatic N) is 4. The number of pyridine rings is 1. The molecule has 0 bridgehead atoms. The highest BCUT2D eigenvalue weighted by molar-refractivity contribution is 9.10. The molecule has 7 nitrogen and oxygen atoms in total. The lowest BCUT2D eigenvalue weighted by Gasteiger charge is -2.07. The third-order valence-corrected chi connectivity index (χ3v) is 4.19. The van der Waals surface area contributed by atoms with Crippen LogP contribution in [-0.4, -0.2) is 31.2 Å². The van der Waals surface area contributed by atoms with Crippen molar-refractivity contribution in [1.29, 1.82) is 0 Å². The molecule has 0 saturated heterocycles. The highest BCUT2D eigenvalue weighted by Gasteiger charge is 2.12. The summed E-state index contributed by atoms with van der Waals surface area (Å²) < 4.78 is 5.69. The van der Waals surface area contributed by atoms with Crippen LogP contribution in [0.2, 0.25) is 0 Å². The molecule has 126 valence electrons. The quantitative estimate of drug-likeness (QED) is 0.652. The largest absolute Gasteiger partial charge is 0.351 e. The number of fused-ring (bicyclic) bond motifs is 1. The Kier molecular flexibility index (Phi) is 4.84. The molecule has 0 radical (unpaired) electrons. The van der Waals surface area contributed by atoms with Crippen molar-refractivity contribution >= 4 is 27.5 Å². The first kappa shape index (κ1) is 16.5. The van der Waals surface area contributed by atoms with Gasteiger partial charge in [0.05, 0.1) is 0 Å². The van der Waals surface area contributed by atoms with Crippen LogP contribution >= 0.6 is 15.9 Å². The van der Waals surface area contributed by atoms with Crippen LogP contribution in [0.5, 0.6) is 0 Å². The molecular formula is C16H18BrN5O2. The van der Waals surface area contributed by atoms with Gasteiger partial charge >= 0.3 is 5.69 Å². The number of nitrogens with one attached hydrogen (secondary N) is 1. The zero-order valence-corrected chi connectivity index (χ0v) is 14.9. The van der Waals surface area contributed by atoms with Gasteiger partial charge in [0.15, 0.2) is 5.65 Å². The van der Waals surface area contributed by atoms with Gasteiger partial charge in [0, 0.05) is 36.5 Å². The summed E-state index contributed by atoms with van der Waals surface area (Å²) >= 11 is 3.38. The predicted octanol–water partition coefficient (Wildman–Crippen LogP) is 1.90. The van der Waals surface area contributed by atoms with Gasteiger partial charge in [-0.3, -0.25) is 9.20 Å². The van der Waals surface area contributed by atoms with E-state index in [4.69, 9.17) is 0 Å². The zero-order chi connectivity index (χ0) is 17.1. The molecule has 0 aliphatic rings. The summed E-state index contributed by atoms with van der Waals surface area (Å²) in [4.78, 5) is 24.3. The average Bonchev–Trinajstić information content (AvgIpc) is 3.12. The van der Waals surface area contributed by atoms with E-state index >= 15 is 0 Å². The van der Waals surface area contributed by atoms with E-state index in [-0.39, 0.29) is 11.6 Å². The lowest BCUT2D eigenvalue weighted by atomic mass is 10.3. The lowest BCUT2D eigenvalue weighted by molar-refractivity contribution is 0.0943. The van der Waals surface area contributed by atoms with E-state index in [0.717, 1.165) is 11.0 Å². The van der Waals surface area contributed by atoms with Crippen LogP contribution in [0.3, 0.4) is 0 Å². The smallest absolute Gasteiger partial charge is 0.350 e.